The molecule has 0 bridgehead atoms. The van der Waals surface area contributed by atoms with E-state index in [1.165, 1.54) is 25.1 Å². The van der Waals surface area contributed by atoms with Crippen molar-refractivity contribution in [1.29, 1.82) is 0 Å². The molecule has 4 rings (SSSR count). The number of carbonyl (C=O) groups is 1. The van der Waals surface area contributed by atoms with E-state index in [1.807, 2.05) is 22.6 Å². The Balaban J connectivity index is 1.62. The topological polar surface area (TPSA) is 41.9 Å². The van der Waals surface area contributed by atoms with Crippen molar-refractivity contribution in [3.8, 4) is 5.75 Å². The zero-order valence-corrected chi connectivity index (χ0v) is 21.7. The van der Waals surface area contributed by atoms with Crippen LogP contribution in [0.2, 0.25) is 0 Å². The van der Waals surface area contributed by atoms with Crippen molar-refractivity contribution in [3.63, 3.8) is 0 Å². The van der Waals surface area contributed by atoms with Gasteiger partial charge in [0.2, 0.25) is 5.82 Å². The maximum absolute atomic E-state index is 14.2. The lowest BCUT2D eigenvalue weighted by atomic mass is 10.1. The summed E-state index contributed by atoms with van der Waals surface area (Å²) in [6, 6.07) is 9.05. The lowest BCUT2D eigenvalue weighted by molar-refractivity contribution is -0.114. The molecule has 1 heterocycles. The smallest absolute Gasteiger partial charge is 0.280 e. The minimum atomic E-state index is -2.34. The largest absolute Gasteiger partial charge is 0.487 e. The van der Waals surface area contributed by atoms with Crippen LogP contribution >= 0.6 is 38.5 Å². The summed E-state index contributed by atoms with van der Waals surface area (Å²) in [6.45, 7) is 1.52. The highest BCUT2D eigenvalue weighted by Crippen LogP contribution is 2.36. The molecule has 0 spiro atoms. The first-order valence-corrected chi connectivity index (χ1v) is 11.9. The number of ether oxygens (including phenoxy) is 1. The average Bonchev–Trinajstić information content (AvgIpc) is 3.10. The number of anilines is 1. The summed E-state index contributed by atoms with van der Waals surface area (Å²) in [5, 5.41) is 3.86. The molecular weight excluding hydrogens is 669 g/mol. The van der Waals surface area contributed by atoms with E-state index in [1.54, 1.807) is 24.3 Å². The Morgan fingerprint density at radius 2 is 1.56 bits per heavy atom. The summed E-state index contributed by atoms with van der Waals surface area (Å²) >= 11 is 5.39. The lowest BCUT2D eigenvalue weighted by Crippen LogP contribution is -2.25. The minimum Gasteiger partial charge on any atom is -0.487 e. The van der Waals surface area contributed by atoms with Gasteiger partial charge in [0.25, 0.3) is 5.91 Å². The Hall–Kier alpha value is -2.87. The van der Waals surface area contributed by atoms with Gasteiger partial charge in [-0.15, -0.1) is 0 Å². The van der Waals surface area contributed by atoms with Crippen LogP contribution in [-0.2, 0) is 11.4 Å². The van der Waals surface area contributed by atoms with Crippen molar-refractivity contribution in [2.45, 2.75) is 13.5 Å². The Morgan fingerprint density at radius 1 is 0.972 bits per heavy atom. The van der Waals surface area contributed by atoms with E-state index in [0.717, 1.165) is 5.56 Å². The Kier molecular flexibility index (Phi) is 7.46. The molecule has 4 nitrogen and oxygen atoms in total. The quantitative estimate of drug-likeness (QED) is 0.0936. The number of rotatable bonds is 5. The number of hydrazone groups is 1. The first kappa shape index (κ1) is 26.2. The highest BCUT2D eigenvalue weighted by molar-refractivity contribution is 14.1. The van der Waals surface area contributed by atoms with Crippen LogP contribution in [0.3, 0.4) is 0 Å². The summed E-state index contributed by atoms with van der Waals surface area (Å²) in [6.07, 6.45) is 1.36. The maximum atomic E-state index is 14.2. The second-order valence-electron chi connectivity index (χ2n) is 7.51. The van der Waals surface area contributed by atoms with E-state index in [2.05, 4.69) is 21.0 Å². The van der Waals surface area contributed by atoms with Crippen molar-refractivity contribution >= 4 is 61.9 Å². The summed E-state index contributed by atoms with van der Waals surface area (Å²) in [7, 11) is 0. The van der Waals surface area contributed by atoms with Gasteiger partial charge in [-0.05, 0) is 86.9 Å². The molecule has 1 aliphatic rings. The average molecular weight is 681 g/mol. The summed E-state index contributed by atoms with van der Waals surface area (Å²) in [4.78, 5) is 12.9. The molecule has 0 saturated heterocycles. The normalized spacial score (nSPS) is 14.6. The monoisotopic (exact) mass is 680 g/mol. The molecule has 0 atom stereocenters. The van der Waals surface area contributed by atoms with Crippen LogP contribution < -0.4 is 9.75 Å². The van der Waals surface area contributed by atoms with Gasteiger partial charge in [0.05, 0.1) is 19.3 Å². The van der Waals surface area contributed by atoms with E-state index in [4.69, 9.17) is 4.74 Å². The van der Waals surface area contributed by atoms with Crippen LogP contribution in [0.5, 0.6) is 5.75 Å². The third-order valence-electron chi connectivity index (χ3n) is 5.09. The van der Waals surface area contributed by atoms with Gasteiger partial charge in [-0.1, -0.05) is 12.1 Å². The molecule has 12 heteroatoms. The predicted octanol–water partition coefficient (Wildman–Crippen LogP) is 7.27. The Morgan fingerprint density at radius 3 is 2.14 bits per heavy atom. The third kappa shape index (κ3) is 4.88. The minimum absolute atomic E-state index is 0.00621. The van der Waals surface area contributed by atoms with Gasteiger partial charge in [0.1, 0.15) is 23.9 Å². The summed E-state index contributed by atoms with van der Waals surface area (Å²) in [5.41, 5.74) is -0.354. The van der Waals surface area contributed by atoms with Gasteiger partial charge in [-0.25, -0.2) is 26.3 Å². The van der Waals surface area contributed by atoms with Crippen LogP contribution in [0.1, 0.15) is 18.1 Å². The van der Waals surface area contributed by atoms with E-state index in [9.17, 15) is 31.1 Å². The summed E-state index contributed by atoms with van der Waals surface area (Å²) < 4.78 is 89.2. The Labute approximate surface area is 222 Å². The number of amides is 1. The first-order chi connectivity index (χ1) is 17.0. The van der Waals surface area contributed by atoms with Gasteiger partial charge in [0, 0.05) is 0 Å². The summed E-state index contributed by atoms with van der Waals surface area (Å²) in [5.74, 6) is -12.0. The number of hydrogen-bond acceptors (Lipinski definition) is 3. The molecule has 0 N–H and O–H groups in total. The van der Waals surface area contributed by atoms with E-state index >= 15 is 0 Å². The first-order valence-electron chi connectivity index (χ1n) is 9.99. The van der Waals surface area contributed by atoms with Crippen LogP contribution in [0.4, 0.5) is 32.0 Å². The van der Waals surface area contributed by atoms with Crippen LogP contribution in [0, 0.1) is 38.5 Å². The predicted molar refractivity (Wildman–Crippen MR) is 132 cm³/mol. The van der Waals surface area contributed by atoms with Gasteiger partial charge in [0.15, 0.2) is 23.3 Å². The molecule has 36 heavy (non-hydrogen) atoms. The molecule has 0 saturated carbocycles. The molecule has 3 aromatic carbocycles. The highest BCUT2D eigenvalue weighted by atomic mass is 127. The standard InChI is InChI=1S/C24H12BrF6IN2O2/c1-10-14(24(35)34(33-10)22-20(30)18(28)17(27)19(29)21(22)31)6-12-7-15(25)23(16(32)8-12)36-9-11-2-4-13(26)5-3-11/h2-8H,9H2,1H3/b14-6+. The van der Waals surface area contributed by atoms with Crippen LogP contribution in [-0.4, -0.2) is 11.6 Å². The van der Waals surface area contributed by atoms with Gasteiger partial charge >= 0.3 is 0 Å². The zero-order chi connectivity index (χ0) is 26.3. The second kappa shape index (κ2) is 10.2. The Bertz CT molecular complexity index is 1410. The fraction of sp³-hybridized carbons (Fsp3) is 0.0833. The number of hydrogen-bond donors (Lipinski definition) is 0. The molecule has 1 amide bonds. The molecule has 1 aliphatic heterocycles. The molecule has 0 aliphatic carbocycles. The van der Waals surface area contributed by atoms with Crippen molar-refractivity contribution in [2.24, 2.45) is 5.10 Å². The number of halogens is 8. The van der Waals surface area contributed by atoms with Crippen molar-refractivity contribution in [2.75, 3.05) is 5.01 Å². The van der Waals surface area contributed by atoms with Crippen molar-refractivity contribution < 1.29 is 35.9 Å². The molecule has 0 unspecified atom stereocenters. The van der Waals surface area contributed by atoms with Gasteiger partial charge in [-0.3, -0.25) is 4.79 Å². The van der Waals surface area contributed by atoms with E-state index in [0.29, 0.717) is 19.4 Å². The van der Waals surface area contributed by atoms with E-state index in [-0.39, 0.29) is 28.7 Å². The fourth-order valence-electron chi connectivity index (χ4n) is 3.32. The molecular formula is C24H12BrF6IN2O2. The molecule has 186 valence electrons. The zero-order valence-electron chi connectivity index (χ0n) is 18.0. The highest BCUT2D eigenvalue weighted by Gasteiger charge is 2.37. The van der Waals surface area contributed by atoms with Crippen LogP contribution in [0.15, 0.2) is 51.5 Å². The van der Waals surface area contributed by atoms with E-state index < -0.39 is 40.7 Å². The molecule has 3 aromatic rings. The lowest BCUT2D eigenvalue weighted by Gasteiger charge is -2.15. The van der Waals surface area contributed by atoms with Crippen LogP contribution in [0.25, 0.3) is 6.08 Å². The van der Waals surface area contributed by atoms with Gasteiger partial charge < -0.3 is 4.74 Å². The molecule has 0 fully saturated rings. The SMILES string of the molecule is CC1=NN(c2c(F)c(F)c(F)c(F)c2F)C(=O)/C1=C/c1cc(Br)c(OCc2ccc(F)cc2)c(I)c1. The molecule has 0 aromatic heterocycles. The molecule has 0 radical (unpaired) electrons. The number of carbonyl (C=O) groups excluding carboxylic acids is 1. The maximum Gasteiger partial charge on any atom is 0.280 e. The number of nitrogens with zero attached hydrogens (tertiary/aromatic N) is 2. The fourth-order valence-corrected chi connectivity index (χ4v) is 5.09. The third-order valence-corrected chi connectivity index (χ3v) is 6.48. The van der Waals surface area contributed by atoms with Crippen molar-refractivity contribution in [1.82, 2.24) is 0 Å². The second-order valence-corrected chi connectivity index (χ2v) is 9.52. The number of benzene rings is 3. The van der Waals surface area contributed by atoms with Gasteiger partial charge in [-0.2, -0.15) is 10.1 Å². The van der Waals surface area contributed by atoms with Crippen molar-refractivity contribution in [3.05, 3.63) is 96.0 Å².